The first-order chi connectivity index (χ1) is 6.63. The Balaban J connectivity index is 2.59. The van der Waals surface area contributed by atoms with Gasteiger partial charge in [-0.3, -0.25) is 4.79 Å². The van der Waals surface area contributed by atoms with Gasteiger partial charge in [-0.2, -0.15) is 0 Å². The minimum atomic E-state index is -1.16. The van der Waals surface area contributed by atoms with Crippen LogP contribution in [0.25, 0.3) is 0 Å². The molecule has 0 saturated heterocycles. The van der Waals surface area contributed by atoms with E-state index in [1.165, 1.54) is 13.1 Å². The number of rotatable bonds is 3. The molecule has 0 aliphatic rings. The summed E-state index contributed by atoms with van der Waals surface area (Å²) >= 11 is 0. The smallest absolute Gasteiger partial charge is 0.405 e. The van der Waals surface area contributed by atoms with Gasteiger partial charge in [0.15, 0.2) is 11.5 Å². The Kier molecular flexibility index (Phi) is 3.05. The van der Waals surface area contributed by atoms with E-state index in [1.54, 1.807) is 0 Å². The zero-order valence-electron chi connectivity index (χ0n) is 7.40. The molecule has 0 radical (unpaired) electrons. The van der Waals surface area contributed by atoms with Crippen molar-refractivity contribution < 1.29 is 19.2 Å². The van der Waals surface area contributed by atoms with Gasteiger partial charge >= 0.3 is 6.09 Å². The molecule has 1 heterocycles. The maximum Gasteiger partial charge on any atom is 0.405 e. The van der Waals surface area contributed by atoms with Crippen LogP contribution in [0.2, 0.25) is 0 Å². The summed E-state index contributed by atoms with van der Waals surface area (Å²) in [4.78, 5) is 21.1. The predicted molar refractivity (Wildman–Crippen MR) is 44.8 cm³/mol. The van der Waals surface area contributed by atoms with Gasteiger partial charge in [0.25, 0.3) is 5.91 Å². The summed E-state index contributed by atoms with van der Waals surface area (Å²) in [5, 5.41) is 16.2. The topological polar surface area (TPSA) is 104 Å². The molecule has 0 aliphatic carbocycles. The van der Waals surface area contributed by atoms with Gasteiger partial charge in [0.2, 0.25) is 0 Å². The van der Waals surface area contributed by atoms with Gasteiger partial charge in [0.05, 0.1) is 6.54 Å². The van der Waals surface area contributed by atoms with Gasteiger partial charge in [-0.1, -0.05) is 5.16 Å². The van der Waals surface area contributed by atoms with Crippen LogP contribution in [0.3, 0.4) is 0 Å². The first-order valence-corrected chi connectivity index (χ1v) is 3.78. The average molecular weight is 199 g/mol. The molecule has 1 aromatic heterocycles. The molecule has 7 heteroatoms. The van der Waals surface area contributed by atoms with E-state index < -0.39 is 6.09 Å². The number of carboxylic acid groups (broad SMARTS) is 1. The highest BCUT2D eigenvalue weighted by Crippen LogP contribution is 2.02. The monoisotopic (exact) mass is 199 g/mol. The van der Waals surface area contributed by atoms with Gasteiger partial charge < -0.3 is 20.3 Å². The number of hydrogen-bond acceptors (Lipinski definition) is 4. The van der Waals surface area contributed by atoms with Crippen molar-refractivity contribution in [1.82, 2.24) is 15.8 Å². The molecule has 0 aromatic carbocycles. The molecular weight excluding hydrogens is 190 g/mol. The van der Waals surface area contributed by atoms with Crippen LogP contribution in [-0.2, 0) is 6.54 Å². The third-order valence-electron chi connectivity index (χ3n) is 1.43. The highest BCUT2D eigenvalue weighted by molar-refractivity contribution is 5.91. The summed E-state index contributed by atoms with van der Waals surface area (Å²) in [5.41, 5.74) is 0.120. The van der Waals surface area contributed by atoms with Gasteiger partial charge in [-0.25, -0.2) is 4.79 Å². The van der Waals surface area contributed by atoms with Crippen molar-refractivity contribution in [1.29, 1.82) is 0 Å². The third kappa shape index (κ3) is 2.47. The second-order valence-electron chi connectivity index (χ2n) is 2.42. The largest absolute Gasteiger partial charge is 0.465 e. The zero-order valence-corrected chi connectivity index (χ0v) is 7.40. The summed E-state index contributed by atoms with van der Waals surface area (Å²) in [6.07, 6.45) is -1.16. The molecule has 14 heavy (non-hydrogen) atoms. The van der Waals surface area contributed by atoms with Crippen LogP contribution >= 0.6 is 0 Å². The van der Waals surface area contributed by atoms with Crippen molar-refractivity contribution in [3.05, 3.63) is 17.5 Å². The summed E-state index contributed by atoms with van der Waals surface area (Å²) in [5.74, 6) is -0.0960. The number of nitrogens with one attached hydrogen (secondary N) is 2. The first-order valence-electron chi connectivity index (χ1n) is 3.78. The fourth-order valence-corrected chi connectivity index (χ4v) is 0.794. The molecule has 0 unspecified atom stereocenters. The van der Waals surface area contributed by atoms with E-state index in [0.717, 1.165) is 0 Å². The summed E-state index contributed by atoms with van der Waals surface area (Å²) in [7, 11) is 1.46. The summed E-state index contributed by atoms with van der Waals surface area (Å²) in [6, 6.07) is 1.37. The Morgan fingerprint density at radius 3 is 2.93 bits per heavy atom. The summed E-state index contributed by atoms with van der Waals surface area (Å²) < 4.78 is 4.70. The fraction of sp³-hybridized carbons (Fsp3) is 0.286. The van der Waals surface area contributed by atoms with E-state index in [-0.39, 0.29) is 23.9 Å². The average Bonchev–Trinajstić information content (AvgIpc) is 2.62. The lowest BCUT2D eigenvalue weighted by molar-refractivity contribution is 0.0954. The van der Waals surface area contributed by atoms with Crippen LogP contribution in [0.15, 0.2) is 10.6 Å². The maximum atomic E-state index is 11.0. The standard InChI is InChI=1S/C7H9N3O4/c1-8-6(11)5-2-4(14-10-5)3-9-7(12)13/h2,9H,3H2,1H3,(H,8,11)(H,12,13). The van der Waals surface area contributed by atoms with Crippen molar-refractivity contribution in [3.8, 4) is 0 Å². The van der Waals surface area contributed by atoms with Gasteiger partial charge in [0.1, 0.15) is 0 Å². The quantitative estimate of drug-likeness (QED) is 0.625. The van der Waals surface area contributed by atoms with E-state index in [4.69, 9.17) is 9.63 Å². The first kappa shape index (κ1) is 10.0. The molecule has 3 N–H and O–H groups in total. The predicted octanol–water partition coefficient (Wildman–Crippen LogP) is -0.198. The molecule has 0 bridgehead atoms. The highest BCUT2D eigenvalue weighted by atomic mass is 16.5. The Morgan fingerprint density at radius 1 is 1.64 bits per heavy atom. The van der Waals surface area contributed by atoms with Crippen LogP contribution in [0.1, 0.15) is 16.2 Å². The van der Waals surface area contributed by atoms with E-state index in [0.29, 0.717) is 0 Å². The lowest BCUT2D eigenvalue weighted by Gasteiger charge is -1.93. The van der Waals surface area contributed by atoms with Crippen LogP contribution in [-0.4, -0.2) is 29.3 Å². The van der Waals surface area contributed by atoms with Gasteiger partial charge in [-0.05, 0) is 0 Å². The zero-order chi connectivity index (χ0) is 10.6. The molecule has 0 saturated carbocycles. The van der Waals surface area contributed by atoms with Crippen LogP contribution in [0.5, 0.6) is 0 Å². The number of hydrogen-bond donors (Lipinski definition) is 3. The number of carbonyl (C=O) groups is 2. The maximum absolute atomic E-state index is 11.0. The van der Waals surface area contributed by atoms with Gasteiger partial charge in [-0.15, -0.1) is 0 Å². The molecule has 0 spiro atoms. The van der Waals surface area contributed by atoms with Crippen molar-refractivity contribution in [2.45, 2.75) is 6.54 Å². The Morgan fingerprint density at radius 2 is 2.36 bits per heavy atom. The minimum Gasteiger partial charge on any atom is -0.465 e. The lowest BCUT2D eigenvalue weighted by Crippen LogP contribution is -2.20. The number of nitrogens with zero attached hydrogens (tertiary/aromatic N) is 1. The van der Waals surface area contributed by atoms with Gasteiger partial charge in [0, 0.05) is 13.1 Å². The van der Waals surface area contributed by atoms with Crippen molar-refractivity contribution in [2.75, 3.05) is 7.05 Å². The molecule has 2 amide bonds. The minimum absolute atomic E-state index is 0.0146. The molecular formula is C7H9N3O4. The fourth-order valence-electron chi connectivity index (χ4n) is 0.794. The number of aromatic nitrogens is 1. The molecule has 0 atom stereocenters. The highest BCUT2D eigenvalue weighted by Gasteiger charge is 2.10. The van der Waals surface area contributed by atoms with E-state index >= 15 is 0 Å². The Hall–Kier alpha value is -2.05. The summed E-state index contributed by atoms with van der Waals surface area (Å²) in [6.45, 7) is -0.0146. The molecule has 0 fully saturated rings. The lowest BCUT2D eigenvalue weighted by atomic mass is 10.3. The number of amides is 2. The number of carbonyl (C=O) groups excluding carboxylic acids is 1. The molecule has 0 aliphatic heterocycles. The Bertz CT molecular complexity index is 346. The molecule has 7 nitrogen and oxygen atoms in total. The van der Waals surface area contributed by atoms with Crippen molar-refractivity contribution in [2.24, 2.45) is 0 Å². The van der Waals surface area contributed by atoms with Crippen molar-refractivity contribution >= 4 is 12.0 Å². The third-order valence-corrected chi connectivity index (χ3v) is 1.43. The van der Waals surface area contributed by atoms with Crippen LogP contribution in [0, 0.1) is 0 Å². The second kappa shape index (κ2) is 4.26. The molecule has 76 valence electrons. The van der Waals surface area contributed by atoms with E-state index in [2.05, 4.69) is 15.8 Å². The van der Waals surface area contributed by atoms with Crippen LogP contribution < -0.4 is 10.6 Å². The van der Waals surface area contributed by atoms with Crippen molar-refractivity contribution in [3.63, 3.8) is 0 Å². The molecule has 1 aromatic rings. The van der Waals surface area contributed by atoms with E-state index in [9.17, 15) is 9.59 Å². The molecule has 1 rings (SSSR count). The SMILES string of the molecule is CNC(=O)c1cc(CNC(=O)O)on1. The normalized spacial score (nSPS) is 9.50. The second-order valence-corrected chi connectivity index (χ2v) is 2.42. The van der Waals surface area contributed by atoms with Crippen LogP contribution in [0.4, 0.5) is 4.79 Å². The Labute approximate surface area is 79.1 Å². The van der Waals surface area contributed by atoms with E-state index in [1.807, 2.05) is 0 Å².